The largest absolute Gasteiger partial charge is 0.435 e. The van der Waals surface area contributed by atoms with Gasteiger partial charge in [-0.05, 0) is 77.7 Å². The van der Waals surface area contributed by atoms with E-state index in [4.69, 9.17) is 4.42 Å². The number of hydrogen-bond donors (Lipinski definition) is 2. The molecule has 4 heterocycles. The van der Waals surface area contributed by atoms with Gasteiger partial charge in [-0.25, -0.2) is 15.0 Å². The van der Waals surface area contributed by atoms with Gasteiger partial charge in [-0.2, -0.15) is 0 Å². The van der Waals surface area contributed by atoms with Crippen LogP contribution in [0.3, 0.4) is 0 Å². The number of rotatable bonds is 14. The van der Waals surface area contributed by atoms with Crippen molar-refractivity contribution in [2.45, 2.75) is 50.9 Å². The highest BCUT2D eigenvalue weighted by Gasteiger charge is 2.28. The number of likely N-dealkylation sites (tertiary alicyclic amines) is 1. The first kappa shape index (κ1) is 43.0. The summed E-state index contributed by atoms with van der Waals surface area (Å²) in [6.07, 6.45) is 17.5. The topological polar surface area (TPSA) is 130 Å². The molecule has 1 amide bonds. The average molecular weight is 782 g/mol. The van der Waals surface area contributed by atoms with E-state index in [2.05, 4.69) is 68.8 Å². The van der Waals surface area contributed by atoms with Gasteiger partial charge in [0, 0.05) is 12.1 Å². The lowest BCUT2D eigenvalue weighted by Gasteiger charge is -2.30. The molecule has 1 saturated heterocycles. The zero-order chi connectivity index (χ0) is 41.6. The number of carbonyl (C=O) groups excluding carboxylic acids is 2. The normalized spacial score (nSPS) is 14.9. The molecule has 1 fully saturated rings. The van der Waals surface area contributed by atoms with E-state index in [0.29, 0.717) is 42.3 Å². The maximum atomic E-state index is 13.7. The average Bonchev–Trinajstić information content (AvgIpc) is 4.08. The number of imidazole rings is 2. The molecular weight excluding hydrogens is 727 g/mol. The number of carbonyl (C=O) groups is 2. The van der Waals surface area contributed by atoms with E-state index in [1.54, 1.807) is 12.4 Å². The Morgan fingerprint density at radius 3 is 2.07 bits per heavy atom. The number of terminal acetylenes is 1. The van der Waals surface area contributed by atoms with Crippen LogP contribution in [0.1, 0.15) is 67.1 Å². The second-order valence-corrected chi connectivity index (χ2v) is 14.7. The van der Waals surface area contributed by atoms with E-state index in [9.17, 15) is 9.59 Å². The van der Waals surface area contributed by atoms with Crippen LogP contribution in [-0.2, 0) is 16.1 Å². The van der Waals surface area contributed by atoms with Crippen LogP contribution >= 0.6 is 0 Å². The lowest BCUT2D eigenvalue weighted by atomic mass is 10.0. The zero-order valence-corrected chi connectivity index (χ0v) is 34.4. The quantitative estimate of drug-likeness (QED) is 0.0845. The number of hydrogen-bond acceptors (Lipinski definition) is 9. The van der Waals surface area contributed by atoms with Gasteiger partial charge in [-0.15, -0.1) is 12.8 Å². The summed E-state index contributed by atoms with van der Waals surface area (Å²) < 4.78 is 6.13. The molecule has 1 aliphatic rings. The number of aldehydes is 1. The molecular formula is C46H55N9O3. The molecule has 0 bridgehead atoms. The second-order valence-electron chi connectivity index (χ2n) is 14.7. The molecule has 2 N–H and O–H groups in total. The zero-order valence-electron chi connectivity index (χ0n) is 34.4. The lowest BCUT2D eigenvalue weighted by molar-refractivity contribution is -0.137. The van der Waals surface area contributed by atoms with Crippen LogP contribution in [0.25, 0.3) is 34.2 Å². The van der Waals surface area contributed by atoms with Crippen molar-refractivity contribution < 1.29 is 14.0 Å². The van der Waals surface area contributed by atoms with Crippen molar-refractivity contribution in [3.8, 4) is 47.0 Å². The number of benzene rings is 3. The van der Waals surface area contributed by atoms with Crippen LogP contribution in [-0.4, -0.2) is 105 Å². The molecule has 12 heteroatoms. The maximum Gasteiger partial charge on any atom is 0.245 e. The van der Waals surface area contributed by atoms with Gasteiger partial charge in [-0.1, -0.05) is 91.9 Å². The number of nitrogens with zero attached hydrogens (tertiary/aromatic N) is 7. The number of oxazole rings is 1. The van der Waals surface area contributed by atoms with Crippen molar-refractivity contribution in [3.05, 3.63) is 126 Å². The molecule has 1 aliphatic heterocycles. The monoisotopic (exact) mass is 781 g/mol. The number of aromatic amines is 2. The lowest BCUT2D eigenvalue weighted by Crippen LogP contribution is -2.40. The van der Waals surface area contributed by atoms with Gasteiger partial charge < -0.3 is 24.1 Å². The molecule has 0 spiro atoms. The van der Waals surface area contributed by atoms with E-state index < -0.39 is 0 Å². The van der Waals surface area contributed by atoms with Gasteiger partial charge in [0.2, 0.25) is 11.8 Å². The van der Waals surface area contributed by atoms with E-state index in [1.165, 1.54) is 6.42 Å². The van der Waals surface area contributed by atoms with Gasteiger partial charge in [0.05, 0.1) is 42.9 Å². The minimum absolute atomic E-state index is 0.0417. The second kappa shape index (κ2) is 20.9. The van der Waals surface area contributed by atoms with Crippen molar-refractivity contribution in [2.24, 2.45) is 0 Å². The first-order valence-electron chi connectivity index (χ1n) is 19.5. The fraction of sp³-hybridized carbons (Fsp3) is 0.326. The number of aromatic nitrogens is 5. The molecule has 3 aromatic carbocycles. The smallest absolute Gasteiger partial charge is 0.245 e. The van der Waals surface area contributed by atoms with Crippen LogP contribution in [0.4, 0.5) is 0 Å². The van der Waals surface area contributed by atoms with Gasteiger partial charge in [-0.3, -0.25) is 19.5 Å². The summed E-state index contributed by atoms with van der Waals surface area (Å²) in [6, 6.07) is 27.7. The summed E-state index contributed by atoms with van der Waals surface area (Å²) in [6.45, 7) is 4.18. The number of amides is 1. The van der Waals surface area contributed by atoms with Gasteiger partial charge in [0.1, 0.15) is 29.7 Å². The van der Waals surface area contributed by atoms with E-state index in [1.807, 2.05) is 122 Å². The van der Waals surface area contributed by atoms with Crippen LogP contribution in [0, 0.1) is 12.8 Å². The van der Waals surface area contributed by atoms with Crippen LogP contribution in [0.2, 0.25) is 0 Å². The summed E-state index contributed by atoms with van der Waals surface area (Å²) in [4.78, 5) is 53.0. The van der Waals surface area contributed by atoms with Gasteiger partial charge in [0.15, 0.2) is 5.76 Å². The summed E-state index contributed by atoms with van der Waals surface area (Å²) >= 11 is 0. The van der Waals surface area contributed by atoms with Crippen molar-refractivity contribution in [1.29, 1.82) is 0 Å². The van der Waals surface area contributed by atoms with Gasteiger partial charge >= 0.3 is 0 Å². The molecule has 0 unspecified atom stereocenters. The predicted molar refractivity (Wildman–Crippen MR) is 229 cm³/mol. The first-order chi connectivity index (χ1) is 28.2. The van der Waals surface area contributed by atoms with Crippen LogP contribution in [0.5, 0.6) is 0 Å². The molecule has 3 atom stereocenters. The number of nitrogens with one attached hydrogen (secondary N) is 2. The summed E-state index contributed by atoms with van der Waals surface area (Å²) in [7, 11) is 9.81. The standard InChI is InChI=1S/C34H40N8O2.C10H13NO.C2H2/c1-5-17-42(34(43)31(40(2)3)25-10-7-6-8-11-25)22-30-35-20-27(38-30)33-37-21-29(44-33)24-15-13-23(14-16-24)26-19-36-32(39-26)28-12-9-18-41(28)4;1-11(2)10(8-12)9-6-4-3-5-7-9;1-2/h6-8,10-11,13-16,19-21,28,31H,5,9,12,17-18,22H2,1-4H3,(H,35,38)(H,36,39);3-8,10H,1-2H3;1-2H/t28-,31+;10-;/m00./s1. The van der Waals surface area contributed by atoms with Crippen LogP contribution < -0.4 is 0 Å². The van der Waals surface area contributed by atoms with E-state index in [-0.39, 0.29) is 18.0 Å². The molecule has 6 aromatic rings. The van der Waals surface area contributed by atoms with E-state index in [0.717, 1.165) is 59.4 Å². The molecule has 0 aliphatic carbocycles. The highest BCUT2D eigenvalue weighted by atomic mass is 16.4. The molecule has 0 saturated carbocycles. The number of H-pyrrole nitrogens is 2. The Hall–Kier alpha value is -6.13. The van der Waals surface area contributed by atoms with Crippen molar-refractivity contribution in [2.75, 3.05) is 48.3 Å². The SMILES string of the molecule is C#C.CCCN(Cc1ncc(-c2ncc(-c3ccc(-c4cnc([C@@H]5CCCN5C)[nH]4)cc3)o2)[nH]1)C(=O)[C@@H](c1ccccc1)N(C)C.CN(C)[C@@H](C=O)c1ccccc1. The van der Waals surface area contributed by atoms with Crippen molar-refractivity contribution >= 4 is 12.2 Å². The Morgan fingerprint density at radius 2 is 1.48 bits per heavy atom. The summed E-state index contributed by atoms with van der Waals surface area (Å²) in [5.74, 6) is 2.86. The highest BCUT2D eigenvalue weighted by Crippen LogP contribution is 2.31. The van der Waals surface area contributed by atoms with Crippen molar-refractivity contribution in [1.82, 2.24) is 44.5 Å². The molecule has 7 rings (SSSR count). The minimum atomic E-state index is -0.373. The first-order valence-corrected chi connectivity index (χ1v) is 19.5. The molecule has 3 aromatic heterocycles. The summed E-state index contributed by atoms with van der Waals surface area (Å²) in [5.41, 5.74) is 5.68. The van der Waals surface area contributed by atoms with Crippen molar-refractivity contribution in [3.63, 3.8) is 0 Å². The predicted octanol–water partition coefficient (Wildman–Crippen LogP) is 7.67. The molecule has 12 nitrogen and oxygen atoms in total. The Labute approximate surface area is 342 Å². The third-order valence-electron chi connectivity index (χ3n) is 10.1. The third kappa shape index (κ3) is 10.6. The molecule has 0 radical (unpaired) electrons. The van der Waals surface area contributed by atoms with Crippen LogP contribution in [0.15, 0.2) is 108 Å². The Balaban J connectivity index is 0.000000390. The van der Waals surface area contributed by atoms with E-state index >= 15 is 0 Å². The Kier molecular flexibility index (Phi) is 15.5. The summed E-state index contributed by atoms with van der Waals surface area (Å²) in [5, 5.41) is 0. The Morgan fingerprint density at radius 1 is 0.845 bits per heavy atom. The highest BCUT2D eigenvalue weighted by molar-refractivity contribution is 5.83. The molecule has 302 valence electrons. The minimum Gasteiger partial charge on any atom is -0.435 e. The number of likely N-dealkylation sites (N-methyl/N-ethyl adjacent to an activating group) is 2. The fourth-order valence-corrected chi connectivity index (χ4v) is 7.14. The molecule has 58 heavy (non-hydrogen) atoms. The van der Waals surface area contributed by atoms with Gasteiger partial charge in [0.25, 0.3) is 0 Å². The maximum absolute atomic E-state index is 13.7. The third-order valence-corrected chi connectivity index (χ3v) is 10.1. The Bertz CT molecular complexity index is 2170. The fourth-order valence-electron chi connectivity index (χ4n) is 7.14.